The lowest BCUT2D eigenvalue weighted by Gasteiger charge is -2.67. The average molecular weight is 870 g/mol. The van der Waals surface area contributed by atoms with Crippen molar-refractivity contribution in [2.24, 2.45) is 16.7 Å². The lowest BCUT2D eigenvalue weighted by atomic mass is 9.44. The standard InChI is InChI=1S/C47H51NO15/c1-25-30(60-43(57)36(53)35(27-15-9-6-10-16-27)48-41(55)28-17-11-7-12-18-28)22-47(58)40(62-42(56)29-19-13-8-14-20-29)38-45(5,31(51)21-32-46(38,24-59-32)63-26(2)50)39(54)37(61-33(52)23-49)34(25)44(47,3)4/h6-20,30-32,35-38,40,49,51,53,58H,21-24H2,1-5H3,(H,48,55)/t30-,31-,32+,35-,36+,37+,38-,40-,45+,46-,47+/m0/s1. The molecule has 0 spiro atoms. The predicted molar refractivity (Wildman–Crippen MR) is 219 cm³/mol. The molecule has 16 heteroatoms. The fourth-order valence-corrected chi connectivity index (χ4v) is 10.2. The molecule has 1 aliphatic heterocycles. The van der Waals surface area contributed by atoms with E-state index in [1.54, 1.807) is 78.9 Å². The van der Waals surface area contributed by atoms with Gasteiger partial charge in [-0.1, -0.05) is 80.6 Å². The molecular weight excluding hydrogens is 819 g/mol. The van der Waals surface area contributed by atoms with Gasteiger partial charge < -0.3 is 49.4 Å². The largest absolute Gasteiger partial charge is 0.456 e. The van der Waals surface area contributed by atoms with Gasteiger partial charge in [-0.2, -0.15) is 0 Å². The van der Waals surface area contributed by atoms with E-state index in [4.69, 9.17) is 23.7 Å². The van der Waals surface area contributed by atoms with Crippen LogP contribution in [0, 0.1) is 16.7 Å². The second-order valence-electron chi connectivity index (χ2n) is 17.4. The Morgan fingerprint density at radius 2 is 1.46 bits per heavy atom. The number of carbonyl (C=O) groups is 6. The number of fused-ring (bicyclic) bond motifs is 5. The monoisotopic (exact) mass is 869 g/mol. The topological polar surface area (TPSA) is 242 Å². The number of amides is 1. The Balaban J connectivity index is 1.40. The highest BCUT2D eigenvalue weighted by molar-refractivity contribution is 5.96. The van der Waals surface area contributed by atoms with Crippen molar-refractivity contribution in [1.82, 2.24) is 5.32 Å². The minimum atomic E-state index is -2.45. The summed E-state index contributed by atoms with van der Waals surface area (Å²) >= 11 is 0. The van der Waals surface area contributed by atoms with Crippen molar-refractivity contribution in [3.8, 4) is 0 Å². The number of Topliss-reactive ketones (excluding diaryl/α,β-unsaturated/α-hetero) is 1. The van der Waals surface area contributed by atoms with Crippen LogP contribution in [0.5, 0.6) is 0 Å². The molecule has 63 heavy (non-hydrogen) atoms. The third-order valence-electron chi connectivity index (χ3n) is 13.6. The summed E-state index contributed by atoms with van der Waals surface area (Å²) in [6.07, 6.45) is -11.0. The summed E-state index contributed by atoms with van der Waals surface area (Å²) in [4.78, 5) is 83.6. The van der Waals surface area contributed by atoms with Crippen LogP contribution in [0.1, 0.15) is 79.8 Å². The molecule has 3 aromatic rings. The molecule has 1 heterocycles. The molecule has 11 atom stereocenters. The summed E-state index contributed by atoms with van der Waals surface area (Å²) in [5, 5.41) is 50.2. The number of benzene rings is 3. The van der Waals surface area contributed by atoms with E-state index in [0.717, 1.165) is 6.92 Å². The fourth-order valence-electron chi connectivity index (χ4n) is 10.2. The van der Waals surface area contributed by atoms with Gasteiger partial charge in [-0.05, 0) is 54.8 Å². The first-order chi connectivity index (χ1) is 29.8. The molecule has 0 radical (unpaired) electrons. The maximum Gasteiger partial charge on any atom is 0.338 e. The second kappa shape index (κ2) is 17.1. The predicted octanol–water partition coefficient (Wildman–Crippen LogP) is 2.71. The van der Waals surface area contributed by atoms with Crippen molar-refractivity contribution in [3.63, 3.8) is 0 Å². The Morgan fingerprint density at radius 3 is 2.02 bits per heavy atom. The second-order valence-corrected chi connectivity index (χ2v) is 17.4. The fraction of sp³-hybridized carbons (Fsp3) is 0.447. The summed E-state index contributed by atoms with van der Waals surface area (Å²) in [5.74, 6) is -7.48. The van der Waals surface area contributed by atoms with Gasteiger partial charge in [-0.3, -0.25) is 14.4 Å². The van der Waals surface area contributed by atoms with E-state index >= 15 is 4.79 Å². The van der Waals surface area contributed by atoms with Gasteiger partial charge in [0.1, 0.15) is 30.5 Å². The van der Waals surface area contributed by atoms with Crippen LogP contribution in [0.4, 0.5) is 0 Å². The summed E-state index contributed by atoms with van der Waals surface area (Å²) in [6, 6.07) is 22.7. The molecule has 5 N–H and O–H groups in total. The number of hydrogen-bond donors (Lipinski definition) is 5. The molecule has 3 fully saturated rings. The zero-order chi connectivity index (χ0) is 45.6. The first-order valence-corrected chi connectivity index (χ1v) is 20.6. The van der Waals surface area contributed by atoms with Crippen LogP contribution in [0.2, 0.25) is 0 Å². The van der Waals surface area contributed by atoms with E-state index in [-0.39, 0.29) is 35.3 Å². The van der Waals surface area contributed by atoms with Crippen molar-refractivity contribution in [1.29, 1.82) is 0 Å². The van der Waals surface area contributed by atoms with E-state index in [1.807, 2.05) is 0 Å². The van der Waals surface area contributed by atoms with Crippen molar-refractivity contribution in [2.75, 3.05) is 13.2 Å². The molecule has 1 saturated heterocycles. The van der Waals surface area contributed by atoms with E-state index in [2.05, 4.69) is 5.32 Å². The molecule has 1 amide bonds. The first kappa shape index (κ1) is 45.3. The van der Waals surface area contributed by atoms with Crippen molar-refractivity contribution in [2.45, 2.75) is 101 Å². The van der Waals surface area contributed by atoms with Gasteiger partial charge in [0.15, 0.2) is 23.6 Å². The van der Waals surface area contributed by atoms with Crippen LogP contribution in [-0.2, 0) is 42.9 Å². The number of carbonyl (C=O) groups excluding carboxylic acids is 6. The summed E-state index contributed by atoms with van der Waals surface area (Å²) in [5.41, 5.74) is -7.54. The molecule has 0 unspecified atom stereocenters. The number of aliphatic hydroxyl groups excluding tert-OH is 3. The number of hydrogen-bond acceptors (Lipinski definition) is 15. The average Bonchev–Trinajstić information content (AvgIpc) is 3.26. The number of esters is 4. The van der Waals surface area contributed by atoms with E-state index in [1.165, 1.54) is 39.8 Å². The highest BCUT2D eigenvalue weighted by atomic mass is 16.6. The normalized spacial score (nSPS) is 31.5. The first-order valence-electron chi connectivity index (χ1n) is 20.6. The van der Waals surface area contributed by atoms with Gasteiger partial charge in [0, 0.05) is 30.7 Å². The Bertz CT molecular complexity index is 2300. The lowest BCUT2D eigenvalue weighted by Crippen LogP contribution is -2.82. The van der Waals surface area contributed by atoms with Crippen molar-refractivity contribution < 1.29 is 72.9 Å². The number of ether oxygens (including phenoxy) is 5. The Morgan fingerprint density at radius 1 is 0.873 bits per heavy atom. The maximum absolute atomic E-state index is 15.5. The molecule has 334 valence electrons. The van der Waals surface area contributed by atoms with Gasteiger partial charge >= 0.3 is 23.9 Å². The van der Waals surface area contributed by atoms with Crippen LogP contribution in [0.15, 0.2) is 102 Å². The Hall–Kier alpha value is -5.78. The summed E-state index contributed by atoms with van der Waals surface area (Å²) in [7, 11) is 0. The number of rotatable bonds is 11. The Kier molecular flexibility index (Phi) is 12.3. The number of aliphatic hydroxyl groups is 4. The summed E-state index contributed by atoms with van der Waals surface area (Å²) < 4.78 is 30.1. The highest BCUT2D eigenvalue weighted by Gasteiger charge is 2.78. The SMILES string of the molecule is CC(=O)O[C@@]12CO[C@@H]1C[C@H](O)[C@@]1(C)C(=O)[C@H](OC(=O)CO)C3=C(C)[C@@H](OC(=O)[C@H](O)[C@@H](NC(=O)c4ccccc4)c4ccccc4)C[C@@](O)([C@@H](OC(=O)c4ccccc4)[C@H]21)C3(C)C. The number of nitrogens with one attached hydrogen (secondary N) is 1. The van der Waals surface area contributed by atoms with Gasteiger partial charge in [0.25, 0.3) is 5.91 Å². The third kappa shape index (κ3) is 7.63. The molecule has 0 aromatic heterocycles. The molecule has 3 aliphatic carbocycles. The molecule has 16 nitrogen and oxygen atoms in total. The third-order valence-corrected chi connectivity index (χ3v) is 13.6. The maximum atomic E-state index is 15.5. The van der Waals surface area contributed by atoms with Gasteiger partial charge in [-0.25, -0.2) is 14.4 Å². The smallest absolute Gasteiger partial charge is 0.338 e. The molecule has 7 rings (SSSR count). The van der Waals surface area contributed by atoms with E-state index in [9.17, 15) is 44.4 Å². The van der Waals surface area contributed by atoms with Gasteiger partial charge in [-0.15, -0.1) is 0 Å². The number of ketones is 1. The van der Waals surface area contributed by atoms with E-state index in [0.29, 0.717) is 5.56 Å². The zero-order valence-electron chi connectivity index (χ0n) is 35.4. The molecule has 4 aliphatic rings. The van der Waals surface area contributed by atoms with Crippen LogP contribution in [-0.4, -0.2) is 117 Å². The highest BCUT2D eigenvalue weighted by Crippen LogP contribution is 2.64. The molecule has 3 aromatic carbocycles. The van der Waals surface area contributed by atoms with Crippen molar-refractivity contribution >= 4 is 35.6 Å². The zero-order valence-corrected chi connectivity index (χ0v) is 35.4. The van der Waals surface area contributed by atoms with E-state index < -0.39 is 119 Å². The molecular formula is C47H51NO15. The van der Waals surface area contributed by atoms with Gasteiger partial charge in [0.2, 0.25) is 0 Å². The lowest BCUT2D eigenvalue weighted by molar-refractivity contribution is -0.346. The summed E-state index contributed by atoms with van der Waals surface area (Å²) in [6.45, 7) is 5.44. The minimum Gasteiger partial charge on any atom is -0.456 e. The van der Waals surface area contributed by atoms with Gasteiger partial charge in [0.05, 0.1) is 35.6 Å². The Labute approximate surface area is 363 Å². The van der Waals surface area contributed by atoms with Crippen LogP contribution in [0.25, 0.3) is 0 Å². The van der Waals surface area contributed by atoms with Crippen LogP contribution < -0.4 is 5.32 Å². The van der Waals surface area contributed by atoms with Crippen molar-refractivity contribution in [3.05, 3.63) is 119 Å². The van der Waals surface area contributed by atoms with Crippen LogP contribution in [0.3, 0.4) is 0 Å². The molecule has 2 bridgehead atoms. The quantitative estimate of drug-likeness (QED) is 0.106. The molecule has 2 saturated carbocycles. The minimum absolute atomic E-state index is 0.0430. The van der Waals surface area contributed by atoms with Crippen LogP contribution >= 0.6 is 0 Å².